The first-order chi connectivity index (χ1) is 11.7. The van der Waals surface area contributed by atoms with Crippen molar-refractivity contribution in [3.8, 4) is 0 Å². The van der Waals surface area contributed by atoms with E-state index in [2.05, 4.69) is 25.4 Å². The summed E-state index contributed by atoms with van der Waals surface area (Å²) in [5, 5.41) is 6.98. The molecule has 0 aliphatic carbocycles. The van der Waals surface area contributed by atoms with Gasteiger partial charge in [0.05, 0.1) is 19.2 Å². The van der Waals surface area contributed by atoms with E-state index in [1.54, 1.807) is 6.20 Å². The number of carbonyl (C=O) groups is 1. The maximum Gasteiger partial charge on any atom is 0.232 e. The minimum atomic E-state index is -0.178. The first kappa shape index (κ1) is 15.8. The maximum atomic E-state index is 12.1. The highest BCUT2D eigenvalue weighted by atomic mass is 16.1. The van der Waals surface area contributed by atoms with Crippen LogP contribution in [-0.2, 0) is 24.2 Å². The van der Waals surface area contributed by atoms with Crippen LogP contribution in [0.4, 0.5) is 5.95 Å². The van der Waals surface area contributed by atoms with Crippen LogP contribution >= 0.6 is 0 Å². The van der Waals surface area contributed by atoms with Crippen molar-refractivity contribution in [3.05, 3.63) is 66.0 Å². The number of nitrogens with zero attached hydrogens (tertiary/aromatic N) is 5. The van der Waals surface area contributed by atoms with Gasteiger partial charge in [-0.3, -0.25) is 14.8 Å². The molecule has 0 atom stereocenters. The Balaban J connectivity index is 1.58. The molecule has 3 rings (SSSR count). The standard InChI is InChI=1S/C17H18N6O/c1-2-15-18-12-19-17(21-15)22-16(24)8-14-9-20-23(11-14)10-13-6-4-3-5-7-13/h3-7,9,11-12H,2,8,10H2,1H3,(H,18,19,21,22,24). The molecule has 7 heteroatoms. The molecule has 7 nitrogen and oxygen atoms in total. The smallest absolute Gasteiger partial charge is 0.232 e. The zero-order valence-electron chi connectivity index (χ0n) is 13.4. The second-order valence-corrected chi connectivity index (χ2v) is 5.34. The summed E-state index contributed by atoms with van der Waals surface area (Å²) in [5.41, 5.74) is 2.00. The van der Waals surface area contributed by atoms with Crippen LogP contribution in [0.1, 0.15) is 23.9 Å². The second kappa shape index (κ2) is 7.45. The molecule has 1 N–H and O–H groups in total. The molecule has 24 heavy (non-hydrogen) atoms. The van der Waals surface area contributed by atoms with Crippen molar-refractivity contribution in [2.24, 2.45) is 0 Å². The number of hydrogen-bond acceptors (Lipinski definition) is 5. The van der Waals surface area contributed by atoms with Gasteiger partial charge in [0, 0.05) is 12.6 Å². The van der Waals surface area contributed by atoms with Crippen molar-refractivity contribution in [2.75, 3.05) is 5.32 Å². The normalized spacial score (nSPS) is 10.5. The third-order valence-corrected chi connectivity index (χ3v) is 3.43. The van der Waals surface area contributed by atoms with E-state index < -0.39 is 0 Å². The lowest BCUT2D eigenvalue weighted by molar-refractivity contribution is -0.115. The lowest BCUT2D eigenvalue weighted by Gasteiger charge is -2.03. The Morgan fingerprint density at radius 1 is 1.17 bits per heavy atom. The summed E-state index contributed by atoms with van der Waals surface area (Å²) in [6, 6.07) is 10.0. The highest BCUT2D eigenvalue weighted by Gasteiger charge is 2.09. The number of anilines is 1. The van der Waals surface area contributed by atoms with Crippen LogP contribution in [0.5, 0.6) is 0 Å². The number of amides is 1. The third kappa shape index (κ3) is 4.22. The van der Waals surface area contributed by atoms with E-state index in [4.69, 9.17) is 0 Å². The molecule has 0 fully saturated rings. The van der Waals surface area contributed by atoms with Gasteiger partial charge in [0.2, 0.25) is 11.9 Å². The summed E-state index contributed by atoms with van der Waals surface area (Å²) in [5.74, 6) is 0.752. The van der Waals surface area contributed by atoms with Gasteiger partial charge >= 0.3 is 0 Å². The average Bonchev–Trinajstić information content (AvgIpc) is 3.02. The van der Waals surface area contributed by atoms with Crippen molar-refractivity contribution in [1.29, 1.82) is 0 Å². The van der Waals surface area contributed by atoms with Crippen LogP contribution in [0.3, 0.4) is 0 Å². The molecule has 0 aliphatic heterocycles. The van der Waals surface area contributed by atoms with Crippen LogP contribution in [0.2, 0.25) is 0 Å². The molecule has 3 aromatic rings. The summed E-state index contributed by atoms with van der Waals surface area (Å²) in [6.45, 7) is 2.62. The van der Waals surface area contributed by atoms with Gasteiger partial charge in [0.15, 0.2) is 0 Å². The van der Waals surface area contributed by atoms with Gasteiger partial charge in [-0.15, -0.1) is 0 Å². The number of nitrogens with one attached hydrogen (secondary N) is 1. The van der Waals surface area contributed by atoms with Crippen molar-refractivity contribution in [2.45, 2.75) is 26.3 Å². The van der Waals surface area contributed by atoms with Crippen molar-refractivity contribution in [3.63, 3.8) is 0 Å². The van der Waals surface area contributed by atoms with Gasteiger partial charge in [0.1, 0.15) is 12.2 Å². The Bertz CT molecular complexity index is 815. The van der Waals surface area contributed by atoms with Gasteiger partial charge in [-0.05, 0) is 11.1 Å². The van der Waals surface area contributed by atoms with E-state index >= 15 is 0 Å². The van der Waals surface area contributed by atoms with Crippen molar-refractivity contribution < 1.29 is 4.79 Å². The summed E-state index contributed by atoms with van der Waals surface area (Å²) in [4.78, 5) is 24.2. The number of hydrogen-bond donors (Lipinski definition) is 1. The average molecular weight is 322 g/mol. The Morgan fingerprint density at radius 2 is 2.00 bits per heavy atom. The Hall–Kier alpha value is -3.09. The zero-order valence-corrected chi connectivity index (χ0v) is 13.4. The lowest BCUT2D eigenvalue weighted by atomic mass is 10.2. The highest BCUT2D eigenvalue weighted by molar-refractivity contribution is 5.90. The summed E-state index contributed by atoms with van der Waals surface area (Å²) in [6.07, 6.45) is 5.89. The van der Waals surface area contributed by atoms with E-state index in [0.717, 1.165) is 11.1 Å². The quantitative estimate of drug-likeness (QED) is 0.748. The summed E-state index contributed by atoms with van der Waals surface area (Å²) in [7, 11) is 0. The van der Waals surface area contributed by atoms with E-state index in [1.807, 2.05) is 48.1 Å². The highest BCUT2D eigenvalue weighted by Crippen LogP contribution is 2.06. The lowest BCUT2D eigenvalue weighted by Crippen LogP contribution is -2.17. The third-order valence-electron chi connectivity index (χ3n) is 3.43. The van der Waals surface area contributed by atoms with Crippen molar-refractivity contribution >= 4 is 11.9 Å². The number of aryl methyl sites for hydroxylation is 1. The molecular formula is C17H18N6O. The fraction of sp³-hybridized carbons (Fsp3) is 0.235. The van der Waals surface area contributed by atoms with Gasteiger partial charge < -0.3 is 0 Å². The SMILES string of the molecule is CCc1ncnc(NC(=O)Cc2cnn(Cc3ccccc3)c2)n1. The molecule has 0 saturated heterocycles. The predicted molar refractivity (Wildman–Crippen MR) is 89.3 cm³/mol. The molecule has 2 heterocycles. The molecule has 0 aliphatic rings. The summed E-state index contributed by atoms with van der Waals surface area (Å²) >= 11 is 0. The Labute approximate surface area is 139 Å². The van der Waals surface area contributed by atoms with Gasteiger partial charge in [-0.25, -0.2) is 9.97 Å². The topological polar surface area (TPSA) is 85.6 Å². The van der Waals surface area contributed by atoms with E-state index in [-0.39, 0.29) is 18.3 Å². The Morgan fingerprint density at radius 3 is 2.79 bits per heavy atom. The second-order valence-electron chi connectivity index (χ2n) is 5.34. The largest absolute Gasteiger partial charge is 0.294 e. The van der Waals surface area contributed by atoms with Crippen LogP contribution in [-0.4, -0.2) is 30.6 Å². The molecule has 0 spiro atoms. The monoisotopic (exact) mass is 322 g/mol. The van der Waals surface area contributed by atoms with E-state index in [1.165, 1.54) is 6.33 Å². The number of rotatable bonds is 6. The maximum absolute atomic E-state index is 12.1. The van der Waals surface area contributed by atoms with Crippen molar-refractivity contribution in [1.82, 2.24) is 24.7 Å². The van der Waals surface area contributed by atoms with Crippen LogP contribution in [0, 0.1) is 0 Å². The minimum Gasteiger partial charge on any atom is -0.294 e. The first-order valence-electron chi connectivity index (χ1n) is 7.76. The molecular weight excluding hydrogens is 304 g/mol. The fourth-order valence-electron chi connectivity index (χ4n) is 2.27. The fourth-order valence-corrected chi connectivity index (χ4v) is 2.27. The molecule has 0 radical (unpaired) electrons. The molecule has 0 unspecified atom stereocenters. The molecule has 1 amide bonds. The van der Waals surface area contributed by atoms with Crippen LogP contribution < -0.4 is 5.32 Å². The molecule has 2 aromatic heterocycles. The zero-order chi connectivity index (χ0) is 16.8. The molecule has 122 valence electrons. The number of benzene rings is 1. The van der Waals surface area contributed by atoms with Gasteiger partial charge in [-0.2, -0.15) is 10.1 Å². The summed E-state index contributed by atoms with van der Waals surface area (Å²) < 4.78 is 1.82. The van der Waals surface area contributed by atoms with Gasteiger partial charge in [0.25, 0.3) is 0 Å². The number of aromatic nitrogens is 5. The number of carbonyl (C=O) groups excluding carboxylic acids is 1. The van der Waals surface area contributed by atoms with Crippen LogP contribution in [0.25, 0.3) is 0 Å². The Kier molecular flexibility index (Phi) is 4.90. The molecule has 1 aromatic carbocycles. The molecule has 0 saturated carbocycles. The predicted octanol–water partition coefficient (Wildman–Crippen LogP) is 1.86. The van der Waals surface area contributed by atoms with E-state index in [0.29, 0.717) is 18.8 Å². The van der Waals surface area contributed by atoms with Gasteiger partial charge in [-0.1, -0.05) is 37.3 Å². The minimum absolute atomic E-state index is 0.178. The first-order valence-corrected chi connectivity index (χ1v) is 7.76. The van der Waals surface area contributed by atoms with Crippen LogP contribution in [0.15, 0.2) is 49.1 Å². The molecule has 0 bridgehead atoms. The van der Waals surface area contributed by atoms with E-state index in [9.17, 15) is 4.79 Å².